The number of benzene rings is 2. The van der Waals surface area contributed by atoms with Crippen LogP contribution in [0.1, 0.15) is 19.4 Å². The minimum Gasteiger partial charge on any atom is -0.245 e. The van der Waals surface area contributed by atoms with Crippen LogP contribution in [-0.4, -0.2) is 21.6 Å². The van der Waals surface area contributed by atoms with E-state index in [1.54, 1.807) is 16.7 Å². The second-order valence-corrected chi connectivity index (χ2v) is 7.99. The first-order valence-corrected chi connectivity index (χ1v) is 9.56. The molecule has 2 aliphatic rings. The van der Waals surface area contributed by atoms with Crippen molar-refractivity contribution < 1.29 is 22.9 Å². The molecule has 0 radical (unpaired) electrons. The quantitative estimate of drug-likeness (QED) is 0.703. The van der Waals surface area contributed by atoms with Gasteiger partial charge in [0.1, 0.15) is 23.9 Å². The van der Waals surface area contributed by atoms with E-state index in [4.69, 9.17) is 0 Å². The molecule has 1 unspecified atom stereocenters. The van der Waals surface area contributed by atoms with Crippen molar-refractivity contribution in [2.45, 2.75) is 20.4 Å². The van der Waals surface area contributed by atoms with Crippen LogP contribution in [0.5, 0.6) is 0 Å². The molecule has 7 heteroatoms. The summed E-state index contributed by atoms with van der Waals surface area (Å²) in [5, 5.41) is 0.660. The lowest BCUT2D eigenvalue weighted by Crippen LogP contribution is -2.53. The van der Waals surface area contributed by atoms with Gasteiger partial charge in [-0.15, -0.1) is 4.90 Å². The van der Waals surface area contributed by atoms with Gasteiger partial charge in [-0.3, -0.25) is 0 Å². The Morgan fingerprint density at radius 1 is 0.964 bits per heavy atom. The van der Waals surface area contributed by atoms with Crippen molar-refractivity contribution in [2.75, 3.05) is 4.90 Å². The Kier molecular flexibility index (Phi) is 4.63. The van der Waals surface area contributed by atoms with Gasteiger partial charge in [-0.05, 0) is 66.3 Å². The van der Waals surface area contributed by atoms with E-state index in [2.05, 4.69) is 0 Å². The van der Waals surface area contributed by atoms with Gasteiger partial charge in [0.05, 0.1) is 0 Å². The van der Waals surface area contributed by atoms with Crippen molar-refractivity contribution in [3.8, 4) is 0 Å². The molecule has 0 saturated heterocycles. The molecule has 2 aromatic rings. The first-order chi connectivity index (χ1) is 13.4. The van der Waals surface area contributed by atoms with Gasteiger partial charge < -0.3 is 0 Å². The van der Waals surface area contributed by atoms with E-state index in [1.807, 2.05) is 13.8 Å². The Morgan fingerprint density at radius 2 is 1.54 bits per heavy atom. The van der Waals surface area contributed by atoms with Crippen molar-refractivity contribution in [3.05, 3.63) is 76.2 Å². The Bertz CT molecular complexity index is 1040. The summed E-state index contributed by atoms with van der Waals surface area (Å²) < 4.78 is 28.1. The zero-order valence-electron chi connectivity index (χ0n) is 15.3. The lowest BCUT2D eigenvalue weighted by molar-refractivity contribution is -0.443. The van der Waals surface area contributed by atoms with E-state index in [0.717, 1.165) is 20.9 Å². The van der Waals surface area contributed by atoms with Crippen molar-refractivity contribution >= 4 is 34.4 Å². The maximum absolute atomic E-state index is 13.3. The minimum absolute atomic E-state index is 0.212. The monoisotopic (exact) mass is 399 g/mol. The number of fused-ring (bicyclic) bond motifs is 1. The van der Waals surface area contributed by atoms with Crippen molar-refractivity contribution in [3.63, 3.8) is 0 Å². The van der Waals surface area contributed by atoms with Gasteiger partial charge in [0.15, 0.2) is 11.0 Å². The molecular formula is C21H17F2N2O2S+. The van der Waals surface area contributed by atoms with Crippen LogP contribution in [0.4, 0.5) is 19.3 Å². The van der Waals surface area contributed by atoms with Gasteiger partial charge in [0.25, 0.3) is 0 Å². The Hall–Kier alpha value is -2.80. The van der Waals surface area contributed by atoms with Crippen LogP contribution in [0, 0.1) is 17.6 Å². The number of carbonyl (C=O) groups is 2. The third-order valence-corrected chi connectivity index (χ3v) is 6.28. The van der Waals surface area contributed by atoms with Crippen LogP contribution < -0.4 is 4.90 Å². The molecule has 142 valence electrons. The van der Waals surface area contributed by atoms with E-state index >= 15 is 0 Å². The molecule has 4 rings (SSSR count). The lowest BCUT2D eigenvalue weighted by atomic mass is 9.97. The number of carbonyl (C=O) groups excluding carboxylic acids is 2. The molecule has 2 aliphatic heterocycles. The van der Waals surface area contributed by atoms with E-state index < -0.39 is 17.8 Å². The van der Waals surface area contributed by atoms with Gasteiger partial charge in [-0.1, -0.05) is 23.9 Å². The Labute approximate surface area is 165 Å². The van der Waals surface area contributed by atoms with Gasteiger partial charge >= 0.3 is 11.9 Å². The number of hydrogen-bond donors (Lipinski definition) is 0. The molecule has 0 aliphatic carbocycles. The summed E-state index contributed by atoms with van der Waals surface area (Å²) >= 11 is 1.42. The SMILES string of the molecule is CC1=C(C)C2C(=O)N(c3ccc(F)cc3)C(=O)[N+](Cc3ccc(F)cc3)=C2S1. The molecule has 0 bridgehead atoms. The van der Waals surface area contributed by atoms with E-state index in [0.29, 0.717) is 10.7 Å². The van der Waals surface area contributed by atoms with E-state index in [9.17, 15) is 18.4 Å². The number of thioether (sulfide) groups is 1. The molecule has 0 saturated carbocycles. The first-order valence-electron chi connectivity index (χ1n) is 8.74. The minimum atomic E-state index is -0.548. The highest BCUT2D eigenvalue weighted by atomic mass is 32.2. The third-order valence-electron chi connectivity index (χ3n) is 4.99. The number of nitrogens with zero attached hydrogens (tertiary/aromatic N) is 2. The molecule has 0 N–H and O–H groups in total. The fourth-order valence-corrected chi connectivity index (χ4v) is 4.61. The zero-order valence-corrected chi connectivity index (χ0v) is 16.1. The van der Waals surface area contributed by atoms with Crippen LogP contribution in [0.3, 0.4) is 0 Å². The largest absolute Gasteiger partial charge is 0.506 e. The highest BCUT2D eigenvalue weighted by Gasteiger charge is 2.52. The van der Waals surface area contributed by atoms with Crippen LogP contribution in [0.25, 0.3) is 0 Å². The smallest absolute Gasteiger partial charge is 0.245 e. The van der Waals surface area contributed by atoms with Gasteiger partial charge in [-0.2, -0.15) is 9.37 Å². The summed E-state index contributed by atoms with van der Waals surface area (Å²) in [5.74, 6) is -1.69. The lowest BCUT2D eigenvalue weighted by Gasteiger charge is -2.25. The van der Waals surface area contributed by atoms with E-state index in [1.165, 1.54) is 48.2 Å². The number of allylic oxidation sites excluding steroid dienone is 1. The average Bonchev–Trinajstić information content (AvgIpc) is 2.97. The number of hydrogen-bond acceptors (Lipinski definition) is 3. The second-order valence-electron chi connectivity index (χ2n) is 6.76. The standard InChI is InChI=1S/C21H17F2N2O2S/c1-12-13(2)28-20-18(12)19(26)25(17-9-7-16(23)8-10-17)21(27)24(20)11-14-3-5-15(22)6-4-14/h3-10,18H,11H2,1-2H3/q+1. The molecule has 1 atom stereocenters. The summed E-state index contributed by atoms with van der Waals surface area (Å²) in [7, 11) is 0. The molecular weight excluding hydrogens is 382 g/mol. The van der Waals surface area contributed by atoms with Crippen molar-refractivity contribution in [1.29, 1.82) is 0 Å². The molecule has 2 heterocycles. The average molecular weight is 399 g/mol. The molecule has 0 spiro atoms. The molecule has 2 aromatic carbocycles. The summed E-state index contributed by atoms with van der Waals surface area (Å²) in [6.45, 7) is 4.01. The number of halogens is 2. The van der Waals surface area contributed by atoms with E-state index in [-0.39, 0.29) is 18.3 Å². The van der Waals surface area contributed by atoms with Crippen LogP contribution in [0.15, 0.2) is 59.0 Å². The predicted molar refractivity (Wildman–Crippen MR) is 104 cm³/mol. The fraction of sp³-hybridized carbons (Fsp3) is 0.190. The highest BCUT2D eigenvalue weighted by molar-refractivity contribution is 8.17. The number of anilines is 1. The van der Waals surface area contributed by atoms with Gasteiger partial charge in [0, 0.05) is 0 Å². The fourth-order valence-electron chi connectivity index (χ4n) is 3.37. The Morgan fingerprint density at radius 3 is 2.14 bits per heavy atom. The summed E-state index contributed by atoms with van der Waals surface area (Å²) in [5.41, 5.74) is 1.97. The number of rotatable bonds is 3. The maximum atomic E-state index is 13.3. The summed E-state index contributed by atoms with van der Waals surface area (Å²) in [4.78, 5) is 28.5. The number of imide groups is 1. The Balaban J connectivity index is 1.81. The van der Waals surface area contributed by atoms with Gasteiger partial charge in [-0.25, -0.2) is 13.6 Å². The first kappa shape index (κ1) is 18.6. The third kappa shape index (κ3) is 3.05. The number of amides is 3. The highest BCUT2D eigenvalue weighted by Crippen LogP contribution is 2.41. The molecule has 0 fully saturated rings. The van der Waals surface area contributed by atoms with Crippen LogP contribution >= 0.6 is 11.8 Å². The number of urea groups is 1. The molecule has 3 amide bonds. The van der Waals surface area contributed by atoms with Crippen LogP contribution in [-0.2, 0) is 11.3 Å². The van der Waals surface area contributed by atoms with Crippen molar-refractivity contribution in [1.82, 2.24) is 0 Å². The maximum Gasteiger partial charge on any atom is 0.506 e. The van der Waals surface area contributed by atoms with Crippen molar-refractivity contribution in [2.24, 2.45) is 5.92 Å². The summed E-state index contributed by atoms with van der Waals surface area (Å²) in [6.07, 6.45) is 0. The second kappa shape index (κ2) is 6.98. The summed E-state index contributed by atoms with van der Waals surface area (Å²) in [6, 6.07) is 10.7. The normalized spacial score (nSPS) is 19.6. The van der Waals surface area contributed by atoms with Crippen LogP contribution in [0.2, 0.25) is 0 Å². The molecule has 0 aromatic heterocycles. The predicted octanol–water partition coefficient (Wildman–Crippen LogP) is 4.70. The topological polar surface area (TPSA) is 40.4 Å². The zero-order chi connectivity index (χ0) is 20.0. The molecule has 4 nitrogen and oxygen atoms in total. The van der Waals surface area contributed by atoms with Gasteiger partial charge in [0.2, 0.25) is 0 Å². The molecule has 28 heavy (non-hydrogen) atoms.